The third-order valence-electron chi connectivity index (χ3n) is 3.81. The first kappa shape index (κ1) is 15.9. The molecule has 1 aliphatic carbocycles. The molecule has 0 radical (unpaired) electrons. The Labute approximate surface area is 143 Å². The minimum Gasteiger partial charge on any atom is -0.465 e. The highest BCUT2D eigenvalue weighted by Crippen LogP contribution is 2.40. The number of ether oxygens (including phenoxy) is 1. The van der Waals surface area contributed by atoms with Crippen LogP contribution in [0.1, 0.15) is 34.1 Å². The second-order valence-corrected chi connectivity index (χ2v) is 7.02. The van der Waals surface area contributed by atoms with Gasteiger partial charge in [0.15, 0.2) is 10.9 Å². The summed E-state index contributed by atoms with van der Waals surface area (Å²) in [6.07, 6.45) is 4.41. The molecule has 1 unspecified atom stereocenters. The zero-order valence-electron chi connectivity index (χ0n) is 12.8. The second-order valence-electron chi connectivity index (χ2n) is 5.51. The van der Waals surface area contributed by atoms with Crippen LogP contribution in [0.3, 0.4) is 0 Å². The maximum absolute atomic E-state index is 12.2. The summed E-state index contributed by atoms with van der Waals surface area (Å²) in [5.74, 6) is 0.806. The number of thiocarbonyl (C=S) groups is 1. The van der Waals surface area contributed by atoms with Crippen molar-refractivity contribution in [2.24, 2.45) is 5.92 Å². The molecule has 23 heavy (non-hydrogen) atoms. The average Bonchev–Trinajstić information content (AvgIpc) is 3.13. The van der Waals surface area contributed by atoms with Crippen LogP contribution in [0.25, 0.3) is 0 Å². The van der Waals surface area contributed by atoms with Gasteiger partial charge >= 0.3 is 5.97 Å². The van der Waals surface area contributed by atoms with E-state index in [9.17, 15) is 4.79 Å². The standard InChI is InChI=1S/C15H17N3O3S2/c1-8-3-4-9-10(7-8)23-13(12(9)14(19)20-2)17-15(22)16-11-5-6-21-18-11/h5-6,8H,3-4,7H2,1-2H3,(H2,16,17,18,22). The molecule has 1 atom stereocenters. The van der Waals surface area contributed by atoms with Crippen molar-refractivity contribution >= 4 is 45.5 Å². The van der Waals surface area contributed by atoms with Crippen molar-refractivity contribution < 1.29 is 14.1 Å². The van der Waals surface area contributed by atoms with Gasteiger partial charge in [-0.2, -0.15) is 0 Å². The lowest BCUT2D eigenvalue weighted by molar-refractivity contribution is 0.0601. The van der Waals surface area contributed by atoms with Crippen LogP contribution in [0.5, 0.6) is 0 Å². The van der Waals surface area contributed by atoms with E-state index in [1.807, 2.05) is 0 Å². The Bertz CT molecular complexity index is 725. The minimum atomic E-state index is -0.330. The van der Waals surface area contributed by atoms with Crippen molar-refractivity contribution in [3.8, 4) is 0 Å². The number of carbonyl (C=O) groups is 1. The predicted octanol–water partition coefficient (Wildman–Crippen LogP) is 3.46. The van der Waals surface area contributed by atoms with Gasteiger partial charge in [-0.15, -0.1) is 11.3 Å². The van der Waals surface area contributed by atoms with Crippen LogP contribution >= 0.6 is 23.6 Å². The van der Waals surface area contributed by atoms with E-state index in [1.54, 1.807) is 17.4 Å². The number of anilines is 2. The second kappa shape index (κ2) is 6.67. The summed E-state index contributed by atoms with van der Waals surface area (Å²) < 4.78 is 9.70. The van der Waals surface area contributed by atoms with Crippen LogP contribution in [0.15, 0.2) is 16.9 Å². The maximum atomic E-state index is 12.2. The maximum Gasteiger partial charge on any atom is 0.341 e. The van der Waals surface area contributed by atoms with Crippen LogP contribution in [0.4, 0.5) is 10.8 Å². The molecule has 2 aromatic heterocycles. The highest BCUT2D eigenvalue weighted by molar-refractivity contribution is 7.80. The van der Waals surface area contributed by atoms with Crippen molar-refractivity contribution in [2.45, 2.75) is 26.2 Å². The SMILES string of the molecule is COC(=O)c1c(NC(=S)Nc2ccon2)sc2c1CCC(C)C2. The zero-order chi connectivity index (χ0) is 16.4. The zero-order valence-corrected chi connectivity index (χ0v) is 14.5. The Hall–Kier alpha value is -1.93. The number of rotatable bonds is 3. The molecule has 8 heteroatoms. The van der Waals surface area contributed by atoms with Gasteiger partial charge in [0.05, 0.1) is 12.7 Å². The molecule has 0 fully saturated rings. The van der Waals surface area contributed by atoms with E-state index in [2.05, 4.69) is 22.7 Å². The largest absolute Gasteiger partial charge is 0.465 e. The van der Waals surface area contributed by atoms with E-state index in [0.717, 1.165) is 29.8 Å². The Balaban J connectivity index is 1.85. The van der Waals surface area contributed by atoms with E-state index >= 15 is 0 Å². The summed E-state index contributed by atoms with van der Waals surface area (Å²) >= 11 is 6.85. The lowest BCUT2D eigenvalue weighted by atomic mass is 9.88. The third kappa shape index (κ3) is 3.37. The van der Waals surface area contributed by atoms with Crippen molar-refractivity contribution in [2.75, 3.05) is 17.7 Å². The predicted molar refractivity (Wildman–Crippen MR) is 93.2 cm³/mol. The molecule has 0 saturated heterocycles. The van der Waals surface area contributed by atoms with Crippen LogP contribution in [-0.2, 0) is 17.6 Å². The Morgan fingerprint density at radius 3 is 3.04 bits per heavy atom. The quantitative estimate of drug-likeness (QED) is 0.648. The number of nitrogens with one attached hydrogen (secondary N) is 2. The van der Waals surface area contributed by atoms with Crippen LogP contribution in [0.2, 0.25) is 0 Å². The van der Waals surface area contributed by atoms with E-state index in [-0.39, 0.29) is 5.97 Å². The molecule has 0 amide bonds. The summed E-state index contributed by atoms with van der Waals surface area (Å²) in [6, 6.07) is 1.66. The molecule has 0 saturated carbocycles. The smallest absolute Gasteiger partial charge is 0.341 e. The normalized spacial score (nSPS) is 16.5. The molecule has 0 spiro atoms. The highest BCUT2D eigenvalue weighted by Gasteiger charge is 2.28. The van der Waals surface area contributed by atoms with Gasteiger partial charge < -0.3 is 19.9 Å². The van der Waals surface area contributed by atoms with Crippen molar-refractivity contribution in [3.63, 3.8) is 0 Å². The molecule has 3 rings (SSSR count). The lowest BCUT2D eigenvalue weighted by Gasteiger charge is -2.18. The van der Waals surface area contributed by atoms with Gasteiger partial charge in [-0.3, -0.25) is 0 Å². The van der Waals surface area contributed by atoms with Gasteiger partial charge in [-0.05, 0) is 43.0 Å². The first-order chi connectivity index (χ1) is 11.1. The number of nitrogens with zero attached hydrogens (tertiary/aromatic N) is 1. The van der Waals surface area contributed by atoms with Gasteiger partial charge in [-0.25, -0.2) is 4.79 Å². The van der Waals surface area contributed by atoms with Crippen molar-refractivity contribution in [3.05, 3.63) is 28.3 Å². The molecule has 0 bridgehead atoms. The summed E-state index contributed by atoms with van der Waals surface area (Å²) in [6.45, 7) is 2.23. The third-order valence-corrected chi connectivity index (χ3v) is 5.18. The van der Waals surface area contributed by atoms with Gasteiger partial charge in [0.1, 0.15) is 11.3 Å². The topological polar surface area (TPSA) is 76.4 Å². The molecular formula is C15H17N3O3S2. The van der Waals surface area contributed by atoms with E-state index < -0.39 is 0 Å². The summed E-state index contributed by atoms with van der Waals surface area (Å²) in [7, 11) is 1.40. The number of thiophene rings is 1. The molecule has 6 nitrogen and oxygen atoms in total. The van der Waals surface area contributed by atoms with Crippen molar-refractivity contribution in [1.29, 1.82) is 0 Å². The fourth-order valence-corrected chi connectivity index (χ4v) is 4.36. The Morgan fingerprint density at radius 1 is 1.52 bits per heavy atom. The van der Waals surface area contributed by atoms with Crippen molar-refractivity contribution in [1.82, 2.24) is 5.16 Å². The fraction of sp³-hybridized carbons (Fsp3) is 0.400. The number of methoxy groups -OCH3 is 1. The van der Waals surface area contributed by atoms with E-state index in [1.165, 1.54) is 18.3 Å². The average molecular weight is 351 g/mol. The summed E-state index contributed by atoms with van der Waals surface area (Å²) in [5, 5.41) is 10.8. The Morgan fingerprint density at radius 2 is 2.35 bits per heavy atom. The van der Waals surface area contributed by atoms with Crippen LogP contribution in [0, 0.1) is 5.92 Å². The number of hydrogen-bond acceptors (Lipinski definition) is 6. The van der Waals surface area contributed by atoms with Gasteiger partial charge in [-0.1, -0.05) is 12.1 Å². The molecular weight excluding hydrogens is 334 g/mol. The molecule has 2 N–H and O–H groups in total. The first-order valence-electron chi connectivity index (χ1n) is 7.29. The first-order valence-corrected chi connectivity index (χ1v) is 8.52. The molecule has 122 valence electrons. The molecule has 0 aliphatic heterocycles. The van der Waals surface area contributed by atoms with Crippen LogP contribution in [-0.4, -0.2) is 23.3 Å². The minimum absolute atomic E-state index is 0.330. The summed E-state index contributed by atoms with van der Waals surface area (Å²) in [5.41, 5.74) is 1.69. The molecule has 1 aliphatic rings. The molecule has 2 aromatic rings. The number of carbonyl (C=O) groups excluding carboxylic acids is 1. The Kier molecular flexibility index (Phi) is 4.63. The number of hydrogen-bond donors (Lipinski definition) is 2. The number of esters is 1. The van der Waals surface area contributed by atoms with Gasteiger partial charge in [0.2, 0.25) is 0 Å². The highest BCUT2D eigenvalue weighted by atomic mass is 32.1. The van der Waals surface area contributed by atoms with E-state index in [0.29, 0.717) is 22.4 Å². The monoisotopic (exact) mass is 351 g/mol. The number of aromatic nitrogens is 1. The van der Waals surface area contributed by atoms with Crippen LogP contribution < -0.4 is 10.6 Å². The summed E-state index contributed by atoms with van der Waals surface area (Å²) in [4.78, 5) is 13.4. The number of fused-ring (bicyclic) bond motifs is 1. The van der Waals surface area contributed by atoms with Gasteiger partial charge in [0, 0.05) is 10.9 Å². The fourth-order valence-electron chi connectivity index (χ4n) is 2.68. The molecule has 0 aromatic carbocycles. The lowest BCUT2D eigenvalue weighted by Crippen LogP contribution is -2.20. The van der Waals surface area contributed by atoms with E-state index in [4.69, 9.17) is 21.5 Å². The van der Waals surface area contributed by atoms with Gasteiger partial charge in [0.25, 0.3) is 0 Å². The molecule has 2 heterocycles.